The van der Waals surface area contributed by atoms with E-state index in [2.05, 4.69) is 55.0 Å². The molecule has 2 aromatic rings. The van der Waals surface area contributed by atoms with Gasteiger partial charge in [-0.2, -0.15) is 0 Å². The van der Waals surface area contributed by atoms with Gasteiger partial charge in [0, 0.05) is 31.2 Å². The molecule has 0 amide bonds. The van der Waals surface area contributed by atoms with Crippen LogP contribution in [0.3, 0.4) is 0 Å². The average Bonchev–Trinajstić information content (AvgIpc) is 2.93. The highest BCUT2D eigenvalue weighted by Gasteiger charge is 2.06. The first kappa shape index (κ1) is 14.8. The standard InChI is InChI=1S/C17H25N3/c1-4-5-15(2)12-19(3)13-16-6-8-17(9-7-16)20-11-10-18-14-20/h6-11,14-15H,4-5,12-13H2,1-3H3/t15-/m0/s1. The summed E-state index contributed by atoms with van der Waals surface area (Å²) in [5.41, 5.74) is 2.52. The molecular weight excluding hydrogens is 246 g/mol. The molecule has 0 fully saturated rings. The van der Waals surface area contributed by atoms with E-state index in [9.17, 15) is 0 Å². The molecule has 0 aliphatic rings. The SMILES string of the molecule is CCC[C@H](C)CN(C)Cc1ccc(-n2ccnc2)cc1. The van der Waals surface area contributed by atoms with Gasteiger partial charge in [-0.1, -0.05) is 32.4 Å². The number of hydrogen-bond donors (Lipinski definition) is 0. The minimum absolute atomic E-state index is 0.773. The highest BCUT2D eigenvalue weighted by atomic mass is 15.1. The molecule has 0 radical (unpaired) electrons. The van der Waals surface area contributed by atoms with Gasteiger partial charge in [-0.05, 0) is 37.1 Å². The molecule has 108 valence electrons. The molecule has 3 heteroatoms. The van der Waals surface area contributed by atoms with Crippen molar-refractivity contribution in [3.8, 4) is 5.69 Å². The molecule has 0 saturated carbocycles. The van der Waals surface area contributed by atoms with Crippen LogP contribution in [-0.4, -0.2) is 28.0 Å². The molecule has 1 aromatic carbocycles. The minimum atomic E-state index is 0.773. The topological polar surface area (TPSA) is 21.1 Å². The maximum absolute atomic E-state index is 4.07. The van der Waals surface area contributed by atoms with Crippen LogP contribution >= 0.6 is 0 Å². The molecule has 1 atom stereocenters. The Kier molecular flexibility index (Phi) is 5.36. The summed E-state index contributed by atoms with van der Waals surface area (Å²) in [5, 5.41) is 0. The van der Waals surface area contributed by atoms with E-state index in [0.717, 1.165) is 24.7 Å². The maximum Gasteiger partial charge on any atom is 0.0991 e. The summed E-state index contributed by atoms with van der Waals surface area (Å²) in [6.45, 7) is 6.77. The number of hydrogen-bond acceptors (Lipinski definition) is 2. The lowest BCUT2D eigenvalue weighted by molar-refractivity contribution is 0.270. The van der Waals surface area contributed by atoms with Gasteiger partial charge in [0.25, 0.3) is 0 Å². The van der Waals surface area contributed by atoms with Crippen molar-refractivity contribution < 1.29 is 0 Å². The van der Waals surface area contributed by atoms with Crippen LogP contribution in [0.15, 0.2) is 43.0 Å². The third-order valence-electron chi connectivity index (χ3n) is 3.60. The molecule has 1 heterocycles. The van der Waals surface area contributed by atoms with E-state index in [-0.39, 0.29) is 0 Å². The first-order chi connectivity index (χ1) is 9.69. The Labute approximate surface area is 122 Å². The monoisotopic (exact) mass is 271 g/mol. The fourth-order valence-corrected chi connectivity index (χ4v) is 2.68. The fraction of sp³-hybridized carbons (Fsp3) is 0.471. The molecule has 20 heavy (non-hydrogen) atoms. The minimum Gasteiger partial charge on any atom is -0.306 e. The summed E-state index contributed by atoms with van der Waals surface area (Å²) in [4.78, 5) is 6.48. The molecule has 3 nitrogen and oxygen atoms in total. The summed E-state index contributed by atoms with van der Waals surface area (Å²) in [6.07, 6.45) is 8.18. The molecule has 0 unspecified atom stereocenters. The third-order valence-corrected chi connectivity index (χ3v) is 3.60. The first-order valence-corrected chi connectivity index (χ1v) is 7.45. The number of nitrogens with zero attached hydrogens (tertiary/aromatic N) is 3. The molecule has 0 aliphatic carbocycles. The van der Waals surface area contributed by atoms with Gasteiger partial charge in [0.1, 0.15) is 0 Å². The molecular formula is C17H25N3. The summed E-state index contributed by atoms with van der Waals surface area (Å²) in [7, 11) is 2.20. The predicted molar refractivity (Wildman–Crippen MR) is 84.0 cm³/mol. The highest BCUT2D eigenvalue weighted by molar-refractivity contribution is 5.34. The van der Waals surface area contributed by atoms with Crippen molar-refractivity contribution in [1.82, 2.24) is 14.5 Å². The van der Waals surface area contributed by atoms with Crippen molar-refractivity contribution >= 4 is 0 Å². The van der Waals surface area contributed by atoms with Crippen LogP contribution in [0.4, 0.5) is 0 Å². The van der Waals surface area contributed by atoms with Crippen molar-refractivity contribution in [1.29, 1.82) is 0 Å². The second-order valence-electron chi connectivity index (χ2n) is 5.73. The van der Waals surface area contributed by atoms with Crippen LogP contribution < -0.4 is 0 Å². The number of rotatable bonds is 7. The van der Waals surface area contributed by atoms with Gasteiger partial charge in [0.2, 0.25) is 0 Å². The van der Waals surface area contributed by atoms with Gasteiger partial charge in [0.15, 0.2) is 0 Å². The Morgan fingerprint density at radius 1 is 1.25 bits per heavy atom. The van der Waals surface area contributed by atoms with Crippen molar-refractivity contribution in [2.24, 2.45) is 5.92 Å². The summed E-state index contributed by atoms with van der Waals surface area (Å²) in [6, 6.07) is 8.72. The fourth-order valence-electron chi connectivity index (χ4n) is 2.68. The van der Waals surface area contributed by atoms with Gasteiger partial charge in [-0.15, -0.1) is 0 Å². The molecule has 0 bridgehead atoms. The van der Waals surface area contributed by atoms with Crippen LogP contribution in [0.2, 0.25) is 0 Å². The van der Waals surface area contributed by atoms with E-state index in [1.807, 2.05) is 17.1 Å². The quantitative estimate of drug-likeness (QED) is 0.765. The summed E-state index contributed by atoms with van der Waals surface area (Å²) >= 11 is 0. The zero-order chi connectivity index (χ0) is 14.4. The number of aromatic nitrogens is 2. The Balaban J connectivity index is 1.90. The van der Waals surface area contributed by atoms with Gasteiger partial charge in [0.05, 0.1) is 6.33 Å². The Morgan fingerprint density at radius 3 is 2.60 bits per heavy atom. The summed E-state index contributed by atoms with van der Waals surface area (Å²) < 4.78 is 2.02. The molecule has 0 aliphatic heterocycles. The van der Waals surface area contributed by atoms with E-state index < -0.39 is 0 Å². The van der Waals surface area contributed by atoms with Crippen LogP contribution in [0.1, 0.15) is 32.3 Å². The third kappa shape index (κ3) is 4.20. The van der Waals surface area contributed by atoms with Gasteiger partial charge >= 0.3 is 0 Å². The average molecular weight is 271 g/mol. The Hall–Kier alpha value is -1.61. The van der Waals surface area contributed by atoms with E-state index in [0.29, 0.717) is 0 Å². The second-order valence-corrected chi connectivity index (χ2v) is 5.73. The van der Waals surface area contributed by atoms with E-state index in [4.69, 9.17) is 0 Å². The van der Waals surface area contributed by atoms with Crippen molar-refractivity contribution in [3.63, 3.8) is 0 Å². The number of imidazole rings is 1. The van der Waals surface area contributed by atoms with Crippen LogP contribution in [0, 0.1) is 5.92 Å². The zero-order valence-corrected chi connectivity index (χ0v) is 12.8. The lowest BCUT2D eigenvalue weighted by Crippen LogP contribution is -2.23. The van der Waals surface area contributed by atoms with Crippen LogP contribution in [0.5, 0.6) is 0 Å². The van der Waals surface area contributed by atoms with E-state index in [1.54, 1.807) is 6.20 Å². The highest BCUT2D eigenvalue weighted by Crippen LogP contribution is 2.12. The first-order valence-electron chi connectivity index (χ1n) is 7.45. The van der Waals surface area contributed by atoms with Crippen molar-refractivity contribution in [2.75, 3.05) is 13.6 Å². The van der Waals surface area contributed by atoms with E-state index >= 15 is 0 Å². The zero-order valence-electron chi connectivity index (χ0n) is 12.8. The molecule has 0 spiro atoms. The predicted octanol–water partition coefficient (Wildman–Crippen LogP) is 3.74. The Morgan fingerprint density at radius 2 is 2.00 bits per heavy atom. The van der Waals surface area contributed by atoms with Gasteiger partial charge < -0.3 is 9.47 Å². The lowest BCUT2D eigenvalue weighted by atomic mass is 10.1. The molecule has 0 N–H and O–H groups in total. The summed E-state index contributed by atoms with van der Waals surface area (Å²) in [5.74, 6) is 0.773. The molecule has 0 saturated heterocycles. The lowest BCUT2D eigenvalue weighted by Gasteiger charge is -2.21. The van der Waals surface area contributed by atoms with Crippen LogP contribution in [-0.2, 0) is 6.54 Å². The number of benzene rings is 1. The van der Waals surface area contributed by atoms with Crippen molar-refractivity contribution in [2.45, 2.75) is 33.2 Å². The molecule has 1 aromatic heterocycles. The normalized spacial score (nSPS) is 12.8. The Bertz CT molecular complexity index is 487. The van der Waals surface area contributed by atoms with E-state index in [1.165, 1.54) is 18.4 Å². The van der Waals surface area contributed by atoms with Crippen molar-refractivity contribution in [3.05, 3.63) is 48.5 Å². The second kappa shape index (κ2) is 7.25. The molecule has 2 rings (SSSR count). The van der Waals surface area contributed by atoms with Gasteiger partial charge in [-0.3, -0.25) is 0 Å². The van der Waals surface area contributed by atoms with Gasteiger partial charge in [-0.25, -0.2) is 4.98 Å². The largest absolute Gasteiger partial charge is 0.306 e. The maximum atomic E-state index is 4.07. The van der Waals surface area contributed by atoms with Crippen LogP contribution in [0.25, 0.3) is 5.69 Å². The smallest absolute Gasteiger partial charge is 0.0991 e.